The molecule has 0 spiro atoms. The van der Waals surface area contributed by atoms with Crippen LogP contribution in [0.1, 0.15) is 33.6 Å². The van der Waals surface area contributed by atoms with Gasteiger partial charge in [0.1, 0.15) is 17.5 Å². The van der Waals surface area contributed by atoms with E-state index >= 15 is 0 Å². The zero-order chi connectivity index (χ0) is 25.9. The van der Waals surface area contributed by atoms with E-state index in [9.17, 15) is 14.7 Å². The van der Waals surface area contributed by atoms with Gasteiger partial charge in [-0.2, -0.15) is 5.10 Å². The first-order valence-electron chi connectivity index (χ1n) is 12.2. The Labute approximate surface area is 210 Å². The van der Waals surface area contributed by atoms with Crippen molar-refractivity contribution in [3.8, 4) is 11.3 Å². The van der Waals surface area contributed by atoms with Gasteiger partial charge in [0.05, 0.1) is 11.2 Å². The Morgan fingerprint density at radius 2 is 1.97 bits per heavy atom. The van der Waals surface area contributed by atoms with Crippen LogP contribution in [0, 0.1) is 0 Å². The number of rotatable bonds is 8. The number of ether oxygens (including phenoxy) is 1. The lowest BCUT2D eigenvalue weighted by Crippen LogP contribution is -2.43. The Balaban J connectivity index is 1.52. The SMILES string of the molecule is CNCCCn1cc2c(-c3cccc(N[C@H]4C[C@@H](C(=O)O)N(C(=O)OC(C)(C)C)C4)n3)cccc2n1. The lowest BCUT2D eigenvalue weighted by Gasteiger charge is -2.26. The number of anilines is 1. The highest BCUT2D eigenvalue weighted by molar-refractivity contribution is 5.93. The molecule has 1 aromatic carbocycles. The molecule has 36 heavy (non-hydrogen) atoms. The number of pyridine rings is 1. The van der Waals surface area contributed by atoms with Crippen LogP contribution in [-0.4, -0.2) is 74.7 Å². The summed E-state index contributed by atoms with van der Waals surface area (Å²) in [4.78, 5) is 30.5. The predicted molar refractivity (Wildman–Crippen MR) is 138 cm³/mol. The average Bonchev–Trinajstić information content (AvgIpc) is 3.42. The van der Waals surface area contributed by atoms with Gasteiger partial charge in [-0.25, -0.2) is 14.6 Å². The maximum absolute atomic E-state index is 12.6. The molecule has 10 heteroatoms. The van der Waals surface area contributed by atoms with Crippen LogP contribution in [-0.2, 0) is 16.1 Å². The number of nitrogens with one attached hydrogen (secondary N) is 2. The molecule has 2 atom stereocenters. The van der Waals surface area contributed by atoms with Crippen LogP contribution in [0.25, 0.3) is 22.2 Å². The molecular formula is C26H34N6O4. The normalized spacial score (nSPS) is 17.9. The average molecular weight is 495 g/mol. The first-order valence-corrected chi connectivity index (χ1v) is 12.2. The van der Waals surface area contributed by atoms with Crippen molar-refractivity contribution in [2.45, 2.75) is 57.8 Å². The Bertz CT molecular complexity index is 1230. The number of amides is 1. The summed E-state index contributed by atoms with van der Waals surface area (Å²) in [5, 5.41) is 21.9. The van der Waals surface area contributed by atoms with E-state index in [2.05, 4.69) is 16.8 Å². The number of aliphatic carboxylic acids is 1. The van der Waals surface area contributed by atoms with Crippen LogP contribution < -0.4 is 10.6 Å². The van der Waals surface area contributed by atoms with E-state index < -0.39 is 23.7 Å². The third-order valence-corrected chi connectivity index (χ3v) is 6.00. The Morgan fingerprint density at radius 3 is 2.69 bits per heavy atom. The van der Waals surface area contributed by atoms with Gasteiger partial charge in [-0.3, -0.25) is 9.58 Å². The maximum Gasteiger partial charge on any atom is 0.411 e. The largest absolute Gasteiger partial charge is 0.480 e. The number of carboxylic acids is 1. The van der Waals surface area contributed by atoms with Gasteiger partial charge >= 0.3 is 12.1 Å². The fraction of sp³-hybridized carbons (Fsp3) is 0.462. The summed E-state index contributed by atoms with van der Waals surface area (Å²) < 4.78 is 7.38. The molecule has 1 aliphatic heterocycles. The monoisotopic (exact) mass is 494 g/mol. The van der Waals surface area contributed by atoms with E-state index in [0.717, 1.165) is 41.7 Å². The van der Waals surface area contributed by atoms with Crippen LogP contribution in [0.15, 0.2) is 42.6 Å². The van der Waals surface area contributed by atoms with E-state index in [4.69, 9.17) is 14.8 Å². The molecule has 1 amide bonds. The fourth-order valence-corrected chi connectivity index (χ4v) is 4.42. The number of hydrogen-bond acceptors (Lipinski definition) is 7. The molecule has 3 aromatic rings. The molecule has 2 aromatic heterocycles. The minimum atomic E-state index is -1.05. The number of carbonyl (C=O) groups is 2. The van der Waals surface area contributed by atoms with Crippen LogP contribution in [0.2, 0.25) is 0 Å². The summed E-state index contributed by atoms with van der Waals surface area (Å²) in [5.41, 5.74) is 1.96. The zero-order valence-electron chi connectivity index (χ0n) is 21.2. The molecule has 0 radical (unpaired) electrons. The third-order valence-electron chi connectivity index (χ3n) is 6.00. The van der Waals surface area contributed by atoms with E-state index in [0.29, 0.717) is 5.82 Å². The number of likely N-dealkylation sites (tertiary alicyclic amines) is 1. The summed E-state index contributed by atoms with van der Waals surface area (Å²) in [6.07, 6.45) is 2.67. The number of aryl methyl sites for hydroxylation is 1. The van der Waals surface area contributed by atoms with Crippen LogP contribution in [0.4, 0.5) is 10.6 Å². The summed E-state index contributed by atoms with van der Waals surface area (Å²) >= 11 is 0. The molecule has 0 saturated carbocycles. The number of carboxylic acid groups (broad SMARTS) is 1. The van der Waals surface area contributed by atoms with E-state index in [1.165, 1.54) is 4.90 Å². The second kappa shape index (κ2) is 10.5. The number of aromatic nitrogens is 3. The van der Waals surface area contributed by atoms with Crippen LogP contribution >= 0.6 is 0 Å². The quantitative estimate of drug-likeness (QED) is 0.406. The van der Waals surface area contributed by atoms with E-state index in [1.54, 1.807) is 20.8 Å². The first-order chi connectivity index (χ1) is 17.1. The highest BCUT2D eigenvalue weighted by Gasteiger charge is 2.41. The van der Waals surface area contributed by atoms with Crippen molar-refractivity contribution in [1.29, 1.82) is 0 Å². The third kappa shape index (κ3) is 5.93. The molecule has 0 unspecified atom stereocenters. The Kier molecular flexibility index (Phi) is 7.44. The Hall–Kier alpha value is -3.66. The molecule has 4 rings (SSSR count). The van der Waals surface area contributed by atoms with Gasteiger partial charge in [-0.1, -0.05) is 18.2 Å². The molecular weight excluding hydrogens is 460 g/mol. The van der Waals surface area contributed by atoms with E-state index in [-0.39, 0.29) is 19.0 Å². The summed E-state index contributed by atoms with van der Waals surface area (Å²) in [5.74, 6) is -0.434. The van der Waals surface area contributed by atoms with Crippen LogP contribution in [0.3, 0.4) is 0 Å². The van der Waals surface area contributed by atoms with Gasteiger partial charge in [0, 0.05) is 42.7 Å². The second-order valence-electron chi connectivity index (χ2n) is 10.1. The van der Waals surface area contributed by atoms with Crippen molar-refractivity contribution in [3.05, 3.63) is 42.6 Å². The van der Waals surface area contributed by atoms with Gasteiger partial charge in [-0.15, -0.1) is 0 Å². The van der Waals surface area contributed by atoms with Crippen LogP contribution in [0.5, 0.6) is 0 Å². The number of carbonyl (C=O) groups excluding carboxylic acids is 1. The van der Waals surface area contributed by atoms with Crippen molar-refractivity contribution in [1.82, 2.24) is 25.0 Å². The second-order valence-corrected chi connectivity index (χ2v) is 10.1. The number of fused-ring (bicyclic) bond motifs is 1. The topological polar surface area (TPSA) is 122 Å². The molecule has 1 aliphatic rings. The molecule has 1 saturated heterocycles. The van der Waals surface area contributed by atoms with E-state index in [1.807, 2.05) is 48.1 Å². The van der Waals surface area contributed by atoms with Crippen molar-refractivity contribution in [2.75, 3.05) is 25.5 Å². The molecule has 10 nitrogen and oxygen atoms in total. The molecule has 0 bridgehead atoms. The fourth-order valence-electron chi connectivity index (χ4n) is 4.42. The molecule has 0 aliphatic carbocycles. The lowest BCUT2D eigenvalue weighted by molar-refractivity contribution is -0.142. The smallest absolute Gasteiger partial charge is 0.411 e. The molecule has 3 N–H and O–H groups in total. The van der Waals surface area contributed by atoms with Gasteiger partial charge in [0.15, 0.2) is 0 Å². The molecule has 192 valence electrons. The number of hydrogen-bond donors (Lipinski definition) is 3. The minimum Gasteiger partial charge on any atom is -0.480 e. The van der Waals surface area contributed by atoms with Gasteiger partial charge < -0.3 is 20.5 Å². The molecule has 3 heterocycles. The standard InChI is InChI=1S/C26H34N6O4/c1-26(2,3)36-25(35)32-15-17(14-22(32)24(33)34)28-23-11-6-9-20(29-23)18-8-5-10-21-19(18)16-31(30-21)13-7-12-27-4/h5-6,8-11,16-17,22,27H,7,12-15H2,1-4H3,(H,28,29)(H,33,34)/t17-,22-/m0/s1. The summed E-state index contributed by atoms with van der Waals surface area (Å²) in [7, 11) is 1.94. The summed E-state index contributed by atoms with van der Waals surface area (Å²) in [6.45, 7) is 7.24. The Morgan fingerprint density at radius 1 is 1.19 bits per heavy atom. The zero-order valence-corrected chi connectivity index (χ0v) is 21.2. The van der Waals surface area contributed by atoms with Gasteiger partial charge in [-0.05, 0) is 59.0 Å². The van der Waals surface area contributed by atoms with Crippen molar-refractivity contribution in [2.24, 2.45) is 0 Å². The lowest BCUT2D eigenvalue weighted by atomic mass is 10.1. The number of nitrogens with zero attached hydrogens (tertiary/aromatic N) is 4. The first kappa shape index (κ1) is 25.4. The van der Waals surface area contributed by atoms with Crippen molar-refractivity contribution < 1.29 is 19.4 Å². The predicted octanol–water partition coefficient (Wildman–Crippen LogP) is 3.58. The summed E-state index contributed by atoms with van der Waals surface area (Å²) in [6, 6.07) is 10.5. The molecule has 1 fully saturated rings. The highest BCUT2D eigenvalue weighted by atomic mass is 16.6. The minimum absolute atomic E-state index is 0.215. The highest BCUT2D eigenvalue weighted by Crippen LogP contribution is 2.29. The van der Waals surface area contributed by atoms with Gasteiger partial charge in [0.25, 0.3) is 0 Å². The van der Waals surface area contributed by atoms with Crippen molar-refractivity contribution in [3.63, 3.8) is 0 Å². The maximum atomic E-state index is 12.6. The number of benzene rings is 1. The van der Waals surface area contributed by atoms with Gasteiger partial charge in [0.2, 0.25) is 0 Å². The van der Waals surface area contributed by atoms with Crippen molar-refractivity contribution >= 4 is 28.8 Å².